The maximum absolute atomic E-state index is 13.5. The molecule has 1 aromatic carbocycles. The van der Waals surface area contributed by atoms with E-state index in [1.54, 1.807) is 18.2 Å². The minimum Gasteiger partial charge on any atom is -0.368 e. The number of primary amides is 1. The van der Waals surface area contributed by atoms with Crippen LogP contribution in [0.2, 0.25) is 0 Å². The van der Waals surface area contributed by atoms with Gasteiger partial charge in [0.2, 0.25) is 5.91 Å². The standard InChI is InChI=1S/C12H17FN2O/c1-8(2)7-15-11(12(14)16)9-5-3-4-6-10(9)13/h3-6,8,11,15H,7H2,1-2H3,(H2,14,16). The Balaban J connectivity index is 2.86. The Kier molecular flexibility index (Phi) is 4.43. The molecular formula is C12H17FN2O. The summed E-state index contributed by atoms with van der Waals surface area (Å²) in [5.74, 6) is -0.609. The van der Waals surface area contributed by atoms with Gasteiger partial charge in [-0.05, 0) is 18.5 Å². The lowest BCUT2D eigenvalue weighted by molar-refractivity contribution is -0.120. The molecule has 16 heavy (non-hydrogen) atoms. The van der Waals surface area contributed by atoms with E-state index < -0.39 is 17.8 Å². The normalized spacial score (nSPS) is 12.8. The molecule has 1 amide bonds. The lowest BCUT2D eigenvalue weighted by Gasteiger charge is -2.17. The monoisotopic (exact) mass is 224 g/mol. The van der Waals surface area contributed by atoms with Crippen molar-refractivity contribution in [1.82, 2.24) is 5.32 Å². The third-order valence-electron chi connectivity index (χ3n) is 2.23. The van der Waals surface area contributed by atoms with E-state index in [1.165, 1.54) is 6.07 Å². The molecule has 0 bridgehead atoms. The second kappa shape index (κ2) is 5.61. The van der Waals surface area contributed by atoms with Crippen molar-refractivity contribution in [2.45, 2.75) is 19.9 Å². The fourth-order valence-electron chi connectivity index (χ4n) is 1.43. The Morgan fingerprint density at radius 1 is 1.44 bits per heavy atom. The van der Waals surface area contributed by atoms with Crippen molar-refractivity contribution in [3.8, 4) is 0 Å². The van der Waals surface area contributed by atoms with Gasteiger partial charge in [0, 0.05) is 5.56 Å². The van der Waals surface area contributed by atoms with Gasteiger partial charge in [0.05, 0.1) is 0 Å². The van der Waals surface area contributed by atoms with Crippen molar-refractivity contribution in [2.75, 3.05) is 6.54 Å². The number of nitrogens with one attached hydrogen (secondary N) is 1. The molecule has 0 aliphatic heterocycles. The molecule has 1 rings (SSSR count). The maximum Gasteiger partial charge on any atom is 0.239 e. The summed E-state index contributed by atoms with van der Waals surface area (Å²) in [5.41, 5.74) is 5.56. The van der Waals surface area contributed by atoms with Crippen molar-refractivity contribution < 1.29 is 9.18 Å². The van der Waals surface area contributed by atoms with Crippen LogP contribution in [0.25, 0.3) is 0 Å². The molecule has 1 unspecified atom stereocenters. The molecule has 0 spiro atoms. The van der Waals surface area contributed by atoms with Gasteiger partial charge in [0.25, 0.3) is 0 Å². The highest BCUT2D eigenvalue weighted by Crippen LogP contribution is 2.16. The third-order valence-corrected chi connectivity index (χ3v) is 2.23. The first-order chi connectivity index (χ1) is 7.52. The van der Waals surface area contributed by atoms with Crippen LogP contribution in [-0.2, 0) is 4.79 Å². The van der Waals surface area contributed by atoms with Crippen molar-refractivity contribution >= 4 is 5.91 Å². The van der Waals surface area contributed by atoms with Gasteiger partial charge in [-0.3, -0.25) is 4.79 Å². The first-order valence-electron chi connectivity index (χ1n) is 5.29. The summed E-state index contributed by atoms with van der Waals surface area (Å²) in [4.78, 5) is 11.3. The fraction of sp³-hybridized carbons (Fsp3) is 0.417. The molecule has 1 aromatic rings. The number of halogens is 1. The van der Waals surface area contributed by atoms with E-state index in [0.29, 0.717) is 18.0 Å². The molecule has 0 heterocycles. The lowest BCUT2D eigenvalue weighted by Crippen LogP contribution is -2.36. The van der Waals surface area contributed by atoms with Crippen LogP contribution in [0.4, 0.5) is 4.39 Å². The molecule has 0 fully saturated rings. The van der Waals surface area contributed by atoms with Crippen molar-refractivity contribution in [3.63, 3.8) is 0 Å². The number of rotatable bonds is 5. The van der Waals surface area contributed by atoms with Gasteiger partial charge in [-0.2, -0.15) is 0 Å². The van der Waals surface area contributed by atoms with Gasteiger partial charge in [-0.15, -0.1) is 0 Å². The number of nitrogens with two attached hydrogens (primary N) is 1. The van der Waals surface area contributed by atoms with E-state index in [2.05, 4.69) is 5.32 Å². The van der Waals surface area contributed by atoms with Gasteiger partial charge in [0.1, 0.15) is 11.9 Å². The van der Waals surface area contributed by atoms with Crippen LogP contribution in [0.1, 0.15) is 25.5 Å². The second-order valence-corrected chi connectivity index (χ2v) is 4.16. The average Bonchev–Trinajstić information content (AvgIpc) is 2.20. The van der Waals surface area contributed by atoms with Crippen molar-refractivity contribution in [1.29, 1.82) is 0 Å². The molecule has 1 atom stereocenters. The molecular weight excluding hydrogens is 207 g/mol. The predicted molar refractivity (Wildman–Crippen MR) is 61.2 cm³/mol. The van der Waals surface area contributed by atoms with E-state index in [0.717, 1.165) is 0 Å². The first kappa shape index (κ1) is 12.6. The molecule has 0 aliphatic rings. The van der Waals surface area contributed by atoms with Crippen molar-refractivity contribution in [2.24, 2.45) is 11.7 Å². The summed E-state index contributed by atoms with van der Waals surface area (Å²) in [6.45, 7) is 4.63. The maximum atomic E-state index is 13.5. The number of carbonyl (C=O) groups excluding carboxylic acids is 1. The molecule has 3 N–H and O–H groups in total. The smallest absolute Gasteiger partial charge is 0.239 e. The van der Waals surface area contributed by atoms with Crippen LogP contribution in [0, 0.1) is 11.7 Å². The molecule has 3 nitrogen and oxygen atoms in total. The largest absolute Gasteiger partial charge is 0.368 e. The molecule has 0 aliphatic carbocycles. The number of amides is 1. The minimum absolute atomic E-state index is 0.302. The summed E-state index contributed by atoms with van der Waals surface area (Å²) in [5, 5.41) is 2.96. The van der Waals surface area contributed by atoms with E-state index in [4.69, 9.17) is 5.73 Å². The second-order valence-electron chi connectivity index (χ2n) is 4.16. The summed E-state index contributed by atoms with van der Waals surface area (Å²) in [7, 11) is 0. The van der Waals surface area contributed by atoms with Crippen LogP contribution in [0.15, 0.2) is 24.3 Å². The predicted octanol–water partition coefficient (Wildman–Crippen LogP) is 1.60. The topological polar surface area (TPSA) is 55.1 Å². The quantitative estimate of drug-likeness (QED) is 0.798. The van der Waals surface area contributed by atoms with Crippen LogP contribution in [-0.4, -0.2) is 12.5 Å². The van der Waals surface area contributed by atoms with Gasteiger partial charge in [-0.1, -0.05) is 32.0 Å². The molecule has 88 valence electrons. The Hall–Kier alpha value is -1.42. The van der Waals surface area contributed by atoms with Gasteiger partial charge in [0.15, 0.2) is 0 Å². The number of hydrogen-bond donors (Lipinski definition) is 2. The van der Waals surface area contributed by atoms with E-state index >= 15 is 0 Å². The summed E-state index contributed by atoms with van der Waals surface area (Å²) >= 11 is 0. The molecule has 0 aromatic heterocycles. The Bertz CT molecular complexity index is 366. The average molecular weight is 224 g/mol. The SMILES string of the molecule is CC(C)CNC(C(N)=O)c1ccccc1F. The van der Waals surface area contributed by atoms with Crippen molar-refractivity contribution in [3.05, 3.63) is 35.6 Å². The third kappa shape index (κ3) is 3.31. The Morgan fingerprint density at radius 3 is 2.56 bits per heavy atom. The van der Waals surface area contributed by atoms with Crippen LogP contribution in [0.3, 0.4) is 0 Å². The summed E-state index contributed by atoms with van der Waals surface area (Å²) in [6, 6.07) is 5.40. The zero-order valence-corrected chi connectivity index (χ0v) is 9.53. The number of benzene rings is 1. The molecule has 0 saturated carbocycles. The van der Waals surface area contributed by atoms with E-state index in [1.807, 2.05) is 13.8 Å². The Morgan fingerprint density at radius 2 is 2.06 bits per heavy atom. The summed E-state index contributed by atoms with van der Waals surface area (Å²) in [6.07, 6.45) is 0. The van der Waals surface area contributed by atoms with Crippen LogP contribution in [0.5, 0.6) is 0 Å². The van der Waals surface area contributed by atoms with Gasteiger partial charge < -0.3 is 11.1 Å². The zero-order chi connectivity index (χ0) is 12.1. The molecule has 0 saturated heterocycles. The fourth-order valence-corrected chi connectivity index (χ4v) is 1.43. The van der Waals surface area contributed by atoms with E-state index in [9.17, 15) is 9.18 Å². The van der Waals surface area contributed by atoms with Gasteiger partial charge >= 0.3 is 0 Å². The zero-order valence-electron chi connectivity index (χ0n) is 9.53. The lowest BCUT2D eigenvalue weighted by atomic mass is 10.0. The number of carbonyl (C=O) groups is 1. The highest BCUT2D eigenvalue weighted by Gasteiger charge is 2.20. The highest BCUT2D eigenvalue weighted by atomic mass is 19.1. The summed E-state index contributed by atoms with van der Waals surface area (Å²) < 4.78 is 13.5. The van der Waals surface area contributed by atoms with Gasteiger partial charge in [-0.25, -0.2) is 4.39 Å². The van der Waals surface area contributed by atoms with Crippen LogP contribution < -0.4 is 11.1 Å². The molecule has 4 heteroatoms. The number of hydrogen-bond acceptors (Lipinski definition) is 2. The Labute approximate surface area is 94.8 Å². The molecule has 0 radical (unpaired) electrons. The minimum atomic E-state index is -0.761. The first-order valence-corrected chi connectivity index (χ1v) is 5.29. The van der Waals surface area contributed by atoms with Crippen LogP contribution >= 0.6 is 0 Å². The van der Waals surface area contributed by atoms with E-state index in [-0.39, 0.29) is 0 Å². The highest BCUT2D eigenvalue weighted by molar-refractivity contribution is 5.81.